The fourth-order valence-corrected chi connectivity index (χ4v) is 2.31. The molecular weight excluding hydrogens is 282 g/mol. The molecule has 0 aliphatic heterocycles. The summed E-state index contributed by atoms with van der Waals surface area (Å²) in [5, 5.41) is 11.0. The second-order valence-electron chi connectivity index (χ2n) is 6.32. The molecule has 0 aromatic carbocycles. The van der Waals surface area contributed by atoms with Gasteiger partial charge in [0.25, 0.3) is 5.91 Å². The number of aryl methyl sites for hydroxylation is 1. The highest BCUT2D eigenvalue weighted by Crippen LogP contribution is 2.20. The number of hydrogen-bond donors (Lipinski definition) is 1. The summed E-state index contributed by atoms with van der Waals surface area (Å²) in [5.41, 5.74) is 1.33. The highest BCUT2D eigenvalue weighted by atomic mass is 16.5. The fraction of sp³-hybridized carbons (Fsp3) is 0.600. The zero-order chi connectivity index (χ0) is 16.5. The third kappa shape index (κ3) is 3.18. The van der Waals surface area contributed by atoms with Gasteiger partial charge in [0.1, 0.15) is 6.04 Å². The predicted octanol–water partition coefficient (Wildman–Crippen LogP) is 2.38. The van der Waals surface area contributed by atoms with Crippen LogP contribution < -0.4 is 5.32 Å². The Kier molecular flexibility index (Phi) is 4.35. The molecule has 1 N–H and O–H groups in total. The molecule has 7 nitrogen and oxygen atoms in total. The molecule has 0 fully saturated rings. The van der Waals surface area contributed by atoms with Crippen LogP contribution in [0.4, 0.5) is 0 Å². The van der Waals surface area contributed by atoms with Crippen molar-refractivity contribution in [1.29, 1.82) is 0 Å². The lowest BCUT2D eigenvalue weighted by Gasteiger charge is -2.22. The first kappa shape index (κ1) is 16.2. The lowest BCUT2D eigenvalue weighted by molar-refractivity contribution is 0.0931. The maximum atomic E-state index is 12.5. The van der Waals surface area contributed by atoms with E-state index in [1.807, 2.05) is 18.5 Å². The van der Waals surface area contributed by atoms with Crippen LogP contribution in [-0.2, 0) is 12.0 Å². The van der Waals surface area contributed by atoms with Crippen LogP contribution in [-0.4, -0.2) is 25.8 Å². The monoisotopic (exact) mass is 305 g/mol. The molecule has 0 aliphatic carbocycles. The van der Waals surface area contributed by atoms with Crippen LogP contribution in [0.5, 0.6) is 0 Å². The van der Waals surface area contributed by atoms with Gasteiger partial charge in [0, 0.05) is 0 Å². The topological polar surface area (TPSA) is 85.8 Å². The molecule has 22 heavy (non-hydrogen) atoms. The maximum absolute atomic E-state index is 12.5. The minimum atomic E-state index is -0.351. The Morgan fingerprint density at radius 1 is 1.45 bits per heavy atom. The van der Waals surface area contributed by atoms with Crippen molar-refractivity contribution in [2.75, 3.05) is 0 Å². The Bertz CT molecular complexity index is 666. The number of hydrogen-bond acceptors (Lipinski definition) is 5. The molecule has 0 saturated carbocycles. The van der Waals surface area contributed by atoms with Crippen molar-refractivity contribution in [3.63, 3.8) is 0 Å². The van der Waals surface area contributed by atoms with Crippen LogP contribution in [0.25, 0.3) is 0 Å². The number of amides is 1. The van der Waals surface area contributed by atoms with E-state index in [0.29, 0.717) is 17.3 Å². The molecule has 0 aliphatic rings. The first-order valence-electron chi connectivity index (χ1n) is 7.42. The number of carbonyl (C=O) groups is 1. The highest BCUT2D eigenvalue weighted by Gasteiger charge is 2.24. The summed E-state index contributed by atoms with van der Waals surface area (Å²) in [5.74, 6) is 0.758. The van der Waals surface area contributed by atoms with Crippen molar-refractivity contribution in [2.24, 2.45) is 0 Å². The van der Waals surface area contributed by atoms with Crippen molar-refractivity contribution in [2.45, 2.75) is 59.5 Å². The highest BCUT2D eigenvalue weighted by molar-refractivity contribution is 5.95. The molecule has 7 heteroatoms. The van der Waals surface area contributed by atoms with E-state index in [2.05, 4.69) is 41.3 Å². The van der Waals surface area contributed by atoms with Gasteiger partial charge in [-0.1, -0.05) is 12.1 Å². The van der Waals surface area contributed by atoms with Gasteiger partial charge in [0.2, 0.25) is 5.89 Å². The van der Waals surface area contributed by atoms with Gasteiger partial charge in [0.05, 0.1) is 23.0 Å². The molecule has 120 valence electrons. The quantitative estimate of drug-likeness (QED) is 0.937. The van der Waals surface area contributed by atoms with Crippen LogP contribution in [0.3, 0.4) is 0 Å². The molecule has 1 atom stereocenters. The van der Waals surface area contributed by atoms with Crippen molar-refractivity contribution in [1.82, 2.24) is 25.2 Å². The van der Waals surface area contributed by atoms with E-state index in [1.54, 1.807) is 13.1 Å². The van der Waals surface area contributed by atoms with Crippen LogP contribution in [0.15, 0.2) is 10.7 Å². The van der Waals surface area contributed by atoms with E-state index < -0.39 is 0 Å². The minimum absolute atomic E-state index is 0.168. The summed E-state index contributed by atoms with van der Waals surface area (Å²) in [6.45, 7) is 11.7. The molecule has 2 heterocycles. The van der Waals surface area contributed by atoms with E-state index in [1.165, 1.54) is 0 Å². The molecule has 0 bridgehead atoms. The third-order valence-corrected chi connectivity index (χ3v) is 3.35. The number of carbonyl (C=O) groups excluding carboxylic acids is 1. The predicted molar refractivity (Wildman–Crippen MR) is 81.5 cm³/mol. The van der Waals surface area contributed by atoms with Gasteiger partial charge < -0.3 is 9.84 Å². The van der Waals surface area contributed by atoms with E-state index in [9.17, 15) is 4.79 Å². The smallest absolute Gasteiger partial charge is 0.255 e. The summed E-state index contributed by atoms with van der Waals surface area (Å²) in [4.78, 5) is 16.6. The molecule has 2 aromatic rings. The summed E-state index contributed by atoms with van der Waals surface area (Å²) in [6, 6.07) is -0.351. The van der Waals surface area contributed by atoms with Crippen molar-refractivity contribution >= 4 is 5.91 Å². The molecule has 2 rings (SSSR count). The summed E-state index contributed by atoms with van der Waals surface area (Å²) in [7, 11) is 0. The number of nitrogens with zero attached hydrogens (tertiary/aromatic N) is 4. The number of rotatable bonds is 4. The Hall–Kier alpha value is -2.18. The van der Waals surface area contributed by atoms with Crippen LogP contribution in [0.2, 0.25) is 0 Å². The third-order valence-electron chi connectivity index (χ3n) is 3.35. The molecular formula is C15H23N5O2. The average Bonchev–Trinajstić information content (AvgIpc) is 3.03. The van der Waals surface area contributed by atoms with Gasteiger partial charge in [-0.25, -0.2) is 0 Å². The number of nitrogens with one attached hydrogen (secondary N) is 1. The van der Waals surface area contributed by atoms with Gasteiger partial charge >= 0.3 is 0 Å². The van der Waals surface area contributed by atoms with Gasteiger partial charge in [-0.2, -0.15) is 10.1 Å². The molecule has 0 spiro atoms. The Balaban J connectivity index is 2.21. The molecule has 1 amide bonds. The van der Waals surface area contributed by atoms with Crippen LogP contribution >= 0.6 is 0 Å². The van der Waals surface area contributed by atoms with Crippen molar-refractivity contribution < 1.29 is 9.32 Å². The van der Waals surface area contributed by atoms with E-state index in [0.717, 1.165) is 12.1 Å². The summed E-state index contributed by atoms with van der Waals surface area (Å²) >= 11 is 0. The van der Waals surface area contributed by atoms with E-state index in [-0.39, 0.29) is 17.5 Å². The normalized spacial score (nSPS) is 13.2. The maximum Gasteiger partial charge on any atom is 0.255 e. The van der Waals surface area contributed by atoms with Crippen molar-refractivity contribution in [3.8, 4) is 0 Å². The lowest BCUT2D eigenvalue weighted by atomic mass is 10.1. The molecule has 0 saturated heterocycles. The summed E-state index contributed by atoms with van der Waals surface area (Å²) in [6.07, 6.45) is 2.35. The second kappa shape index (κ2) is 5.90. The Morgan fingerprint density at radius 2 is 2.14 bits per heavy atom. The SMILES string of the molecule is CCc1c(C(=O)NC(C)c2nc(C)no2)cnn1C(C)(C)C. The van der Waals surface area contributed by atoms with E-state index in [4.69, 9.17) is 4.52 Å². The van der Waals surface area contributed by atoms with E-state index >= 15 is 0 Å². The number of aromatic nitrogens is 4. The summed E-state index contributed by atoms with van der Waals surface area (Å²) < 4.78 is 6.97. The zero-order valence-corrected chi connectivity index (χ0v) is 14.0. The van der Waals surface area contributed by atoms with Crippen LogP contribution in [0.1, 0.15) is 68.4 Å². The fourth-order valence-electron chi connectivity index (χ4n) is 2.31. The van der Waals surface area contributed by atoms with Gasteiger partial charge in [-0.05, 0) is 41.0 Å². The first-order chi connectivity index (χ1) is 10.2. The molecule has 1 unspecified atom stereocenters. The second-order valence-corrected chi connectivity index (χ2v) is 6.32. The Labute approximate surface area is 130 Å². The minimum Gasteiger partial charge on any atom is -0.340 e. The van der Waals surface area contributed by atoms with Gasteiger partial charge in [0.15, 0.2) is 5.82 Å². The first-order valence-corrected chi connectivity index (χ1v) is 7.42. The Morgan fingerprint density at radius 3 is 2.64 bits per heavy atom. The lowest BCUT2D eigenvalue weighted by Crippen LogP contribution is -2.29. The van der Waals surface area contributed by atoms with Gasteiger partial charge in [-0.3, -0.25) is 9.48 Å². The zero-order valence-electron chi connectivity index (χ0n) is 14.0. The molecule has 2 aromatic heterocycles. The van der Waals surface area contributed by atoms with Gasteiger partial charge in [-0.15, -0.1) is 0 Å². The van der Waals surface area contributed by atoms with Crippen LogP contribution in [0, 0.1) is 6.92 Å². The average molecular weight is 305 g/mol. The van der Waals surface area contributed by atoms with Crippen molar-refractivity contribution in [3.05, 3.63) is 29.2 Å². The largest absolute Gasteiger partial charge is 0.340 e. The molecule has 0 radical (unpaired) electrons. The standard InChI is InChI=1S/C15H23N5O2/c1-7-12-11(8-16-20(12)15(4,5)6)13(21)17-9(2)14-18-10(3)19-22-14/h8-9H,7H2,1-6H3,(H,17,21).